The van der Waals surface area contributed by atoms with E-state index in [0.717, 1.165) is 22.3 Å². The van der Waals surface area contributed by atoms with E-state index in [4.69, 9.17) is 0 Å². The minimum atomic E-state index is -0.0357. The number of ketones is 1. The fourth-order valence-electron chi connectivity index (χ4n) is 2.37. The van der Waals surface area contributed by atoms with E-state index in [0.29, 0.717) is 0 Å². The van der Waals surface area contributed by atoms with Crippen LogP contribution in [0.15, 0.2) is 42.5 Å². The van der Waals surface area contributed by atoms with Gasteiger partial charge in [-0.25, -0.2) is 0 Å². The molecule has 0 N–H and O–H groups in total. The predicted molar refractivity (Wildman–Crippen MR) is 84.5 cm³/mol. The van der Waals surface area contributed by atoms with Gasteiger partial charge in [-0.2, -0.15) is 0 Å². The lowest BCUT2D eigenvalue weighted by Gasteiger charge is -2.22. The van der Waals surface area contributed by atoms with E-state index in [1.54, 1.807) is 0 Å². The molecule has 0 spiro atoms. The van der Waals surface area contributed by atoms with Crippen LogP contribution < -0.4 is 0 Å². The minimum absolute atomic E-state index is 0.0357. The molecule has 1 nitrogen and oxygen atoms in total. The average molecular weight is 266 g/mol. The average Bonchev–Trinajstić information content (AvgIpc) is 2.40. The second-order valence-corrected chi connectivity index (χ2v) is 6.42. The number of rotatable bonds is 2. The predicted octanol–water partition coefficient (Wildman–Crippen LogP) is 4.83. The second-order valence-electron chi connectivity index (χ2n) is 6.42. The van der Waals surface area contributed by atoms with Gasteiger partial charge in [-0.15, -0.1) is 0 Å². The van der Waals surface area contributed by atoms with Gasteiger partial charge in [-0.3, -0.25) is 4.79 Å². The molecule has 2 aromatic rings. The summed E-state index contributed by atoms with van der Waals surface area (Å²) in [5, 5.41) is 0. The molecule has 1 heteroatoms. The SMILES string of the molecule is Cc1ccc(C(=O)c2ccccc2C(C)(C)C)cc1C. The highest BCUT2D eigenvalue weighted by molar-refractivity contribution is 6.10. The molecule has 0 heterocycles. The molecule has 0 saturated heterocycles. The lowest BCUT2D eigenvalue weighted by molar-refractivity contribution is 0.103. The quantitative estimate of drug-likeness (QED) is 0.711. The third-order valence-electron chi connectivity index (χ3n) is 3.75. The van der Waals surface area contributed by atoms with Crippen molar-refractivity contribution < 1.29 is 4.79 Å². The van der Waals surface area contributed by atoms with Crippen LogP contribution in [0.25, 0.3) is 0 Å². The van der Waals surface area contributed by atoms with Crippen molar-refractivity contribution in [2.24, 2.45) is 0 Å². The van der Waals surface area contributed by atoms with Gasteiger partial charge in [0.15, 0.2) is 5.78 Å². The summed E-state index contributed by atoms with van der Waals surface area (Å²) in [6.45, 7) is 10.5. The van der Waals surface area contributed by atoms with Gasteiger partial charge < -0.3 is 0 Å². The van der Waals surface area contributed by atoms with Crippen molar-refractivity contribution in [3.8, 4) is 0 Å². The van der Waals surface area contributed by atoms with Crippen LogP contribution in [0.5, 0.6) is 0 Å². The third-order valence-corrected chi connectivity index (χ3v) is 3.75. The van der Waals surface area contributed by atoms with Gasteiger partial charge in [0.05, 0.1) is 0 Å². The monoisotopic (exact) mass is 266 g/mol. The van der Waals surface area contributed by atoms with Crippen LogP contribution >= 0.6 is 0 Å². The number of carbonyl (C=O) groups excluding carboxylic acids is 1. The van der Waals surface area contributed by atoms with Crippen LogP contribution in [0.2, 0.25) is 0 Å². The van der Waals surface area contributed by atoms with E-state index in [2.05, 4.69) is 27.7 Å². The number of hydrogen-bond donors (Lipinski definition) is 0. The maximum atomic E-state index is 12.8. The van der Waals surface area contributed by atoms with Crippen LogP contribution in [0.3, 0.4) is 0 Å². The van der Waals surface area contributed by atoms with Crippen molar-refractivity contribution in [2.45, 2.75) is 40.0 Å². The van der Waals surface area contributed by atoms with E-state index in [9.17, 15) is 4.79 Å². The highest BCUT2D eigenvalue weighted by atomic mass is 16.1. The molecule has 0 fully saturated rings. The molecule has 0 radical (unpaired) electrons. The molecule has 20 heavy (non-hydrogen) atoms. The summed E-state index contributed by atoms with van der Waals surface area (Å²) in [5.41, 5.74) is 5.01. The summed E-state index contributed by atoms with van der Waals surface area (Å²) in [6, 6.07) is 13.8. The van der Waals surface area contributed by atoms with Crippen LogP contribution in [0.1, 0.15) is 53.4 Å². The molecule has 0 atom stereocenters. The number of benzene rings is 2. The van der Waals surface area contributed by atoms with E-state index in [-0.39, 0.29) is 11.2 Å². The Morgan fingerprint density at radius 1 is 0.900 bits per heavy atom. The van der Waals surface area contributed by atoms with Gasteiger partial charge in [0.2, 0.25) is 0 Å². The number of carbonyl (C=O) groups is 1. The molecule has 0 aliphatic rings. The molecule has 0 unspecified atom stereocenters. The summed E-state index contributed by atoms with van der Waals surface area (Å²) in [5.74, 6) is 0.110. The first-order valence-electron chi connectivity index (χ1n) is 7.02. The maximum absolute atomic E-state index is 12.8. The number of hydrogen-bond acceptors (Lipinski definition) is 1. The molecule has 0 aliphatic heterocycles. The van der Waals surface area contributed by atoms with E-state index < -0.39 is 0 Å². The lowest BCUT2D eigenvalue weighted by atomic mass is 9.81. The van der Waals surface area contributed by atoms with Gasteiger partial charge in [0.1, 0.15) is 0 Å². The number of aryl methyl sites for hydroxylation is 2. The summed E-state index contributed by atoms with van der Waals surface area (Å²) in [6.07, 6.45) is 0. The topological polar surface area (TPSA) is 17.1 Å². The summed E-state index contributed by atoms with van der Waals surface area (Å²) < 4.78 is 0. The van der Waals surface area contributed by atoms with Crippen molar-refractivity contribution >= 4 is 5.78 Å². The van der Waals surface area contributed by atoms with Gasteiger partial charge in [0.25, 0.3) is 0 Å². The van der Waals surface area contributed by atoms with Gasteiger partial charge in [0, 0.05) is 11.1 Å². The van der Waals surface area contributed by atoms with Gasteiger partial charge in [-0.1, -0.05) is 57.2 Å². The van der Waals surface area contributed by atoms with Crippen molar-refractivity contribution in [2.75, 3.05) is 0 Å². The van der Waals surface area contributed by atoms with Crippen LogP contribution in [0, 0.1) is 13.8 Å². The Morgan fingerprint density at radius 3 is 2.15 bits per heavy atom. The largest absolute Gasteiger partial charge is 0.289 e. The molecule has 2 aromatic carbocycles. The smallest absolute Gasteiger partial charge is 0.193 e. The summed E-state index contributed by atoms with van der Waals surface area (Å²) in [7, 11) is 0. The molecule has 0 aliphatic carbocycles. The zero-order chi connectivity index (χ0) is 14.9. The highest BCUT2D eigenvalue weighted by Crippen LogP contribution is 2.27. The second kappa shape index (κ2) is 5.24. The van der Waals surface area contributed by atoms with Crippen LogP contribution in [0.4, 0.5) is 0 Å². The zero-order valence-electron chi connectivity index (χ0n) is 12.9. The van der Waals surface area contributed by atoms with E-state index in [1.807, 2.05) is 49.4 Å². The summed E-state index contributed by atoms with van der Waals surface area (Å²) in [4.78, 5) is 12.8. The van der Waals surface area contributed by atoms with E-state index in [1.165, 1.54) is 5.56 Å². The highest BCUT2D eigenvalue weighted by Gasteiger charge is 2.21. The van der Waals surface area contributed by atoms with Gasteiger partial charge in [-0.05, 0) is 42.0 Å². The molecule has 0 saturated carbocycles. The molecule has 104 valence electrons. The van der Waals surface area contributed by atoms with Gasteiger partial charge >= 0.3 is 0 Å². The molecule has 0 aromatic heterocycles. The molecule has 0 bridgehead atoms. The minimum Gasteiger partial charge on any atom is -0.289 e. The Kier molecular flexibility index (Phi) is 3.80. The maximum Gasteiger partial charge on any atom is 0.193 e. The van der Waals surface area contributed by atoms with E-state index >= 15 is 0 Å². The normalized spacial score (nSPS) is 11.4. The summed E-state index contributed by atoms with van der Waals surface area (Å²) >= 11 is 0. The van der Waals surface area contributed by atoms with Crippen molar-refractivity contribution in [3.63, 3.8) is 0 Å². The molecular weight excluding hydrogens is 244 g/mol. The lowest BCUT2D eigenvalue weighted by Crippen LogP contribution is -2.17. The first kappa shape index (κ1) is 14.5. The van der Waals surface area contributed by atoms with Crippen molar-refractivity contribution in [1.82, 2.24) is 0 Å². The zero-order valence-corrected chi connectivity index (χ0v) is 12.9. The first-order chi connectivity index (χ1) is 9.30. The van der Waals surface area contributed by atoms with Crippen LogP contribution in [-0.4, -0.2) is 5.78 Å². The Labute approximate surface area is 121 Å². The first-order valence-corrected chi connectivity index (χ1v) is 7.02. The Bertz CT molecular complexity index is 645. The van der Waals surface area contributed by atoms with Crippen molar-refractivity contribution in [3.05, 3.63) is 70.3 Å². The fourth-order valence-corrected chi connectivity index (χ4v) is 2.37. The van der Waals surface area contributed by atoms with Crippen LogP contribution in [-0.2, 0) is 5.41 Å². The Morgan fingerprint density at radius 2 is 1.55 bits per heavy atom. The van der Waals surface area contributed by atoms with Crippen molar-refractivity contribution in [1.29, 1.82) is 0 Å². The standard InChI is InChI=1S/C19H22O/c1-13-10-11-15(12-14(13)2)18(20)16-8-6-7-9-17(16)19(3,4)5/h6-12H,1-5H3. The Balaban J connectivity index is 2.51. The molecule has 0 amide bonds. The molecule has 2 rings (SSSR count). The fraction of sp³-hybridized carbons (Fsp3) is 0.316. The third kappa shape index (κ3) is 2.82. The molecular formula is C19H22O. The Hall–Kier alpha value is -1.89.